The number of nitrogens with two attached hydrogens (primary N) is 1. The van der Waals surface area contributed by atoms with Gasteiger partial charge in [0.15, 0.2) is 0 Å². The molecule has 4 atom stereocenters. The van der Waals surface area contributed by atoms with Crippen LogP contribution in [0.3, 0.4) is 0 Å². The van der Waals surface area contributed by atoms with E-state index in [0.717, 1.165) is 16.8 Å². The molecule has 0 radical (unpaired) electrons. The van der Waals surface area contributed by atoms with E-state index < -0.39 is 6.17 Å². The first kappa shape index (κ1) is 60.5. The van der Waals surface area contributed by atoms with Gasteiger partial charge < -0.3 is 11.1 Å². The van der Waals surface area contributed by atoms with Crippen LogP contribution in [0.5, 0.6) is 0 Å². The minimum absolute atomic E-state index is 0.0250. The van der Waals surface area contributed by atoms with Gasteiger partial charge in [-0.2, -0.15) is 0 Å². The monoisotopic (exact) mass is 1420 g/mol. The fraction of sp³-hybridized carbons (Fsp3) is 0.0549. The molecule has 0 saturated carbocycles. The van der Waals surface area contributed by atoms with Gasteiger partial charge in [-0.05, 0) is 128 Å². The highest BCUT2D eigenvalue weighted by Gasteiger charge is 2.27. The Bertz CT molecular complexity index is 6810. The Labute approximate surface area is 611 Å². The summed E-state index contributed by atoms with van der Waals surface area (Å²) in [6.07, 6.45) is 1.63. The van der Waals surface area contributed by atoms with Crippen molar-refractivity contribution in [1.82, 2.24) is 21.3 Å². The maximum absolute atomic E-state index is 7.21. The zero-order valence-electron chi connectivity index (χ0n) is 54.8. The first-order chi connectivity index (χ1) is 50.4. The molecule has 0 fully saturated rings. The number of fused-ring (bicyclic) bond motifs is 18. The number of hydrogen-bond donors (Lipinski definition) is 5. The van der Waals surface area contributed by atoms with Crippen molar-refractivity contribution in [1.29, 1.82) is 0 Å². The van der Waals surface area contributed by atoms with Crippen molar-refractivity contribution >= 4 is 195 Å². The van der Waals surface area contributed by atoms with E-state index in [4.69, 9.17) is 5.73 Å². The highest BCUT2D eigenvalue weighted by Crippen LogP contribution is 2.48. The Balaban J connectivity index is 0.560. The van der Waals surface area contributed by atoms with E-state index in [9.17, 15) is 0 Å². The zero-order valence-corrected chi connectivity index (χ0v) is 59.7. The van der Waals surface area contributed by atoms with Crippen molar-refractivity contribution in [3.8, 4) is 33.4 Å². The minimum atomic E-state index is -0.405. The summed E-state index contributed by atoms with van der Waals surface area (Å²) in [5, 5.41) is 31.2. The lowest BCUT2D eigenvalue weighted by atomic mass is 9.97. The molecule has 7 heterocycles. The van der Waals surface area contributed by atoms with E-state index >= 15 is 0 Å². The fourth-order valence-corrected chi connectivity index (χ4v) is 23.1. The summed E-state index contributed by atoms with van der Waals surface area (Å²) >= 11 is 11.3. The molecular formula is C91H61N5S6. The van der Waals surface area contributed by atoms with Gasteiger partial charge in [0.1, 0.15) is 6.17 Å². The van der Waals surface area contributed by atoms with E-state index in [0.29, 0.717) is 6.54 Å². The minimum Gasteiger partial charge on any atom is -0.366 e. The molecule has 4 unspecified atom stereocenters. The SMILES string of the molecule is NC(NC(NCc1ccccc1)c1ccc2c(c1)sc1cc(-c3cccc4c3sc3ccc(-c5ccc6c(c5)sc5cc(C7NC(c8ccccc8)=CC(c8ccc9c(c8)sc8cc(-c%10cccc%11c%10sc%10ccccc%10%11)ccc89)N7)ccc56)cc34)ccc12)c1cccc2c1sc1ccccc12. The predicted molar refractivity (Wildman–Crippen MR) is 445 cm³/mol. The molecule has 0 bridgehead atoms. The molecule has 0 aliphatic carbocycles. The van der Waals surface area contributed by atoms with Crippen LogP contribution >= 0.6 is 68.0 Å². The van der Waals surface area contributed by atoms with Crippen LogP contribution < -0.4 is 27.0 Å². The summed E-state index contributed by atoms with van der Waals surface area (Å²) in [5.74, 6) is 0. The average molecular weight is 1420 g/mol. The van der Waals surface area contributed by atoms with Gasteiger partial charge in [0.05, 0.1) is 18.4 Å². The molecule has 6 aromatic heterocycles. The second kappa shape index (κ2) is 24.5. The summed E-state index contributed by atoms with van der Waals surface area (Å²) in [6, 6.07) is 108. The quantitative estimate of drug-likeness (QED) is 0.0744. The van der Waals surface area contributed by atoms with Gasteiger partial charge in [0.25, 0.3) is 0 Å². The molecule has 1 aliphatic heterocycles. The molecule has 6 N–H and O–H groups in total. The standard InChI is InChI=1S/C91H61N5S6/c92-89(73-25-13-23-71-63-19-8-10-27-78(63)101-88(71)73)96-90(93-50-51-14-3-1-4-15-51)58-32-39-68-66-37-30-56(45-82(66)99-84(68)47-58)61-21-12-24-72-74-42-53(34-41-79(74)102-87(61)72)54-28-35-64-69-40-33-59(48-85(69)97-80(64)43-54)91-94-75(52-16-5-2-6-17-52)49-76(95-91)57-31-38-67-65-36-29-55(44-81(65)98-83(67)46-57)60-20-11-22-70-62-18-7-9-26-77(62)100-86(60)70/h1-49,76,89-91,93-96H,50,92H2. The van der Waals surface area contributed by atoms with E-state index in [1.165, 1.54) is 177 Å². The highest BCUT2D eigenvalue weighted by atomic mass is 32.1. The summed E-state index contributed by atoms with van der Waals surface area (Å²) < 4.78 is 15.5. The van der Waals surface area contributed by atoms with Gasteiger partial charge in [-0.25, -0.2) is 0 Å². The molecule has 14 aromatic carbocycles. The Morgan fingerprint density at radius 2 is 0.794 bits per heavy atom. The van der Waals surface area contributed by atoms with Crippen LogP contribution in [0, 0.1) is 0 Å². The van der Waals surface area contributed by atoms with Crippen molar-refractivity contribution in [3.63, 3.8) is 0 Å². The van der Waals surface area contributed by atoms with Gasteiger partial charge in [0.2, 0.25) is 0 Å². The van der Waals surface area contributed by atoms with Crippen LogP contribution in [0.2, 0.25) is 0 Å². The number of hydrogen-bond acceptors (Lipinski definition) is 11. The Morgan fingerprint density at radius 1 is 0.333 bits per heavy atom. The molecule has 1 aliphatic rings. The van der Waals surface area contributed by atoms with Gasteiger partial charge in [-0.3, -0.25) is 16.0 Å². The summed E-state index contributed by atoms with van der Waals surface area (Å²) in [4.78, 5) is 0. The number of benzene rings is 14. The topological polar surface area (TPSA) is 74.1 Å². The first-order valence-corrected chi connectivity index (χ1v) is 39.5. The third kappa shape index (κ3) is 10.3. The zero-order chi connectivity index (χ0) is 67.1. The fourth-order valence-electron chi connectivity index (χ4n) is 15.8. The lowest BCUT2D eigenvalue weighted by molar-refractivity contribution is 0.387. The summed E-state index contributed by atoms with van der Waals surface area (Å²) in [7, 11) is 0. The van der Waals surface area contributed by atoms with Crippen LogP contribution in [-0.4, -0.2) is 0 Å². The predicted octanol–water partition coefficient (Wildman–Crippen LogP) is 25.9. The van der Waals surface area contributed by atoms with Crippen LogP contribution in [0.1, 0.15) is 57.9 Å². The second-order valence-corrected chi connectivity index (χ2v) is 33.3. The molecule has 20 aromatic rings. The van der Waals surface area contributed by atoms with E-state index in [1.54, 1.807) is 0 Å². The highest BCUT2D eigenvalue weighted by molar-refractivity contribution is 7.28. The summed E-state index contributed by atoms with van der Waals surface area (Å²) in [6.45, 7) is 0.693. The molecule has 102 heavy (non-hydrogen) atoms. The van der Waals surface area contributed by atoms with Crippen molar-refractivity contribution in [3.05, 3.63) is 331 Å². The maximum atomic E-state index is 7.21. The van der Waals surface area contributed by atoms with Gasteiger partial charge >= 0.3 is 0 Å². The van der Waals surface area contributed by atoms with E-state index in [1.807, 2.05) is 68.0 Å². The van der Waals surface area contributed by atoms with Crippen molar-refractivity contribution in [2.45, 2.75) is 31.1 Å². The number of nitrogens with one attached hydrogen (secondary N) is 4. The van der Waals surface area contributed by atoms with Gasteiger partial charge in [-0.1, -0.05) is 231 Å². The molecule has 21 rings (SSSR count). The lowest BCUT2D eigenvalue weighted by Gasteiger charge is -2.33. The third-order valence-electron chi connectivity index (χ3n) is 20.9. The van der Waals surface area contributed by atoms with Crippen LogP contribution in [-0.2, 0) is 6.54 Å². The largest absolute Gasteiger partial charge is 0.366 e. The lowest BCUT2D eigenvalue weighted by Crippen LogP contribution is -2.39. The van der Waals surface area contributed by atoms with Crippen molar-refractivity contribution in [2.75, 3.05) is 0 Å². The Kier molecular flexibility index (Phi) is 14.5. The van der Waals surface area contributed by atoms with E-state index in [2.05, 4.69) is 319 Å². The van der Waals surface area contributed by atoms with Crippen molar-refractivity contribution in [2.24, 2.45) is 5.73 Å². The average Bonchev–Trinajstić information content (AvgIpc) is 1.54. The smallest absolute Gasteiger partial charge is 0.104 e. The third-order valence-corrected chi connectivity index (χ3v) is 27.9. The number of thiophene rings is 6. The Hall–Kier alpha value is -10.2. The van der Waals surface area contributed by atoms with Crippen LogP contribution in [0.15, 0.2) is 297 Å². The molecule has 11 heteroatoms. The molecule has 5 nitrogen and oxygen atoms in total. The van der Waals surface area contributed by atoms with Crippen molar-refractivity contribution < 1.29 is 0 Å². The molecule has 0 saturated heterocycles. The van der Waals surface area contributed by atoms with Gasteiger partial charge in [-0.15, -0.1) is 68.0 Å². The van der Waals surface area contributed by atoms with Crippen LogP contribution in [0.4, 0.5) is 0 Å². The van der Waals surface area contributed by atoms with Gasteiger partial charge in [0, 0.05) is 139 Å². The molecule has 0 spiro atoms. The molecule has 486 valence electrons. The first-order valence-electron chi connectivity index (χ1n) is 34.6. The van der Waals surface area contributed by atoms with E-state index in [-0.39, 0.29) is 18.4 Å². The normalized spacial score (nSPS) is 15.0. The maximum Gasteiger partial charge on any atom is 0.104 e. The summed E-state index contributed by atoms with van der Waals surface area (Å²) in [5.41, 5.74) is 23.0. The number of rotatable bonds is 13. The second-order valence-electron chi connectivity index (χ2n) is 26.9. The molecule has 0 amide bonds. The molecular weight excluding hydrogens is 1360 g/mol. The van der Waals surface area contributed by atoms with Crippen LogP contribution in [0.25, 0.3) is 160 Å². The Morgan fingerprint density at radius 3 is 1.45 bits per heavy atom.